The van der Waals surface area contributed by atoms with Crippen LogP contribution in [0.3, 0.4) is 0 Å². The van der Waals surface area contributed by atoms with Crippen LogP contribution in [0.4, 0.5) is 0 Å². The molecule has 178 valence electrons. The molecule has 2 rings (SSSR count). The maximum Gasteiger partial charge on any atom is 0.306 e. The Kier molecular flexibility index (Phi) is 10.5. The van der Waals surface area contributed by atoms with Crippen LogP contribution in [0.1, 0.15) is 63.4 Å². The minimum Gasteiger partial charge on any atom is -0.481 e. The molecule has 1 saturated carbocycles. The highest BCUT2D eigenvalue weighted by molar-refractivity contribution is 6.30. The molecule has 3 N–H and O–H groups in total. The first-order chi connectivity index (χ1) is 15.3. The molecule has 0 radical (unpaired) electrons. The largest absolute Gasteiger partial charge is 0.481 e. The zero-order chi connectivity index (χ0) is 23.6. The van der Waals surface area contributed by atoms with Crippen molar-refractivity contribution in [1.82, 2.24) is 5.32 Å². The molecule has 8 heteroatoms. The molecule has 1 aliphatic carbocycles. The van der Waals surface area contributed by atoms with Crippen LogP contribution in [0.5, 0.6) is 0 Å². The molecule has 0 heterocycles. The first kappa shape index (κ1) is 26.1. The molecule has 0 aromatic heterocycles. The summed E-state index contributed by atoms with van der Waals surface area (Å²) in [6.45, 7) is 0.320. The van der Waals surface area contributed by atoms with Gasteiger partial charge < -0.3 is 20.3 Å². The second-order valence-corrected chi connectivity index (χ2v) is 9.23. The number of methoxy groups -OCH3 is 1. The van der Waals surface area contributed by atoms with Gasteiger partial charge in [0.2, 0.25) is 5.91 Å². The Labute approximate surface area is 194 Å². The smallest absolute Gasteiger partial charge is 0.306 e. The molecule has 0 spiro atoms. The minimum atomic E-state index is -0.967. The first-order valence-electron chi connectivity index (χ1n) is 11.2. The number of halogens is 1. The molecule has 0 bridgehead atoms. The second kappa shape index (κ2) is 12.8. The van der Waals surface area contributed by atoms with Crippen LogP contribution in [0.2, 0.25) is 5.02 Å². The lowest BCUT2D eigenvalue weighted by molar-refractivity contribution is -0.145. The lowest BCUT2D eigenvalue weighted by Gasteiger charge is -2.32. The molecule has 2 atom stereocenters. The third kappa shape index (κ3) is 8.10. The molecule has 1 aliphatic rings. The highest BCUT2D eigenvalue weighted by Gasteiger charge is 2.44. The van der Waals surface area contributed by atoms with E-state index in [4.69, 9.17) is 16.3 Å². The molecule has 2 unspecified atom stereocenters. The van der Waals surface area contributed by atoms with Crippen LogP contribution in [-0.4, -0.2) is 47.8 Å². The Morgan fingerprint density at radius 1 is 1.12 bits per heavy atom. The third-order valence-corrected chi connectivity index (χ3v) is 6.64. The molecule has 1 fully saturated rings. The van der Waals surface area contributed by atoms with Gasteiger partial charge in [-0.05, 0) is 62.6 Å². The van der Waals surface area contributed by atoms with Crippen molar-refractivity contribution in [3.63, 3.8) is 0 Å². The van der Waals surface area contributed by atoms with E-state index in [2.05, 4.69) is 5.32 Å². The Bertz CT molecular complexity index is 760. The number of aliphatic carboxylic acids is 2. The summed E-state index contributed by atoms with van der Waals surface area (Å²) in [7, 11) is 1.53. The normalized spacial score (nSPS) is 16.9. The number of carbonyl (C=O) groups is 3. The summed E-state index contributed by atoms with van der Waals surface area (Å²) in [5, 5.41) is 22.6. The number of ether oxygens (including phenoxy) is 1. The van der Waals surface area contributed by atoms with E-state index in [-0.39, 0.29) is 18.7 Å². The Hall–Kier alpha value is -2.12. The summed E-state index contributed by atoms with van der Waals surface area (Å²) >= 11 is 5.91. The molecular weight excluding hydrogens is 434 g/mol. The van der Waals surface area contributed by atoms with Crippen LogP contribution < -0.4 is 5.32 Å². The van der Waals surface area contributed by atoms with Gasteiger partial charge in [-0.15, -0.1) is 0 Å². The fraction of sp³-hybridized carbons (Fsp3) is 0.625. The van der Waals surface area contributed by atoms with Crippen LogP contribution in [0.15, 0.2) is 24.3 Å². The lowest BCUT2D eigenvalue weighted by atomic mass is 9.75. The van der Waals surface area contributed by atoms with Crippen molar-refractivity contribution in [2.75, 3.05) is 13.7 Å². The van der Waals surface area contributed by atoms with E-state index >= 15 is 0 Å². The number of hydrogen-bond donors (Lipinski definition) is 3. The average Bonchev–Trinajstić information content (AvgIpc) is 3.22. The van der Waals surface area contributed by atoms with Gasteiger partial charge >= 0.3 is 11.9 Å². The highest BCUT2D eigenvalue weighted by Crippen LogP contribution is 2.44. The van der Waals surface area contributed by atoms with E-state index in [9.17, 15) is 24.6 Å². The molecule has 1 amide bonds. The predicted octanol–water partition coefficient (Wildman–Crippen LogP) is 4.31. The van der Waals surface area contributed by atoms with Crippen molar-refractivity contribution in [1.29, 1.82) is 0 Å². The zero-order valence-corrected chi connectivity index (χ0v) is 19.4. The fourth-order valence-electron chi connectivity index (χ4n) is 4.60. The summed E-state index contributed by atoms with van der Waals surface area (Å²) in [6.07, 6.45) is 5.43. The molecule has 1 aromatic carbocycles. The molecule has 7 nitrogen and oxygen atoms in total. The van der Waals surface area contributed by atoms with E-state index in [1.54, 1.807) is 0 Å². The van der Waals surface area contributed by atoms with Crippen LogP contribution in [0, 0.1) is 11.3 Å². The maximum atomic E-state index is 13.3. The number of nitrogens with one attached hydrogen (secondary N) is 1. The van der Waals surface area contributed by atoms with Crippen LogP contribution >= 0.6 is 11.6 Å². The average molecular weight is 468 g/mol. The summed E-state index contributed by atoms with van der Waals surface area (Å²) in [5.41, 5.74) is 0.341. The van der Waals surface area contributed by atoms with Crippen molar-refractivity contribution in [2.45, 2.75) is 70.3 Å². The number of carboxylic acids is 2. The summed E-state index contributed by atoms with van der Waals surface area (Å²) in [5.74, 6) is -2.77. The van der Waals surface area contributed by atoms with Crippen LogP contribution in [-0.2, 0) is 25.5 Å². The Morgan fingerprint density at radius 3 is 2.34 bits per heavy atom. The van der Waals surface area contributed by atoms with Gasteiger partial charge in [-0.3, -0.25) is 14.4 Å². The second-order valence-electron chi connectivity index (χ2n) is 8.80. The standard InChI is InChI=1S/C24H34ClNO6/c1-32-14-11-18(22(29)30)16-24(12-2-3-13-24)23(31)26-20(15-21(27)28)6-4-5-17-7-9-19(25)10-8-17/h7-10,18,20H,2-6,11-16H2,1H3,(H,26,31)(H,27,28)(H,29,30). The zero-order valence-electron chi connectivity index (χ0n) is 18.6. The first-order valence-corrected chi connectivity index (χ1v) is 11.6. The monoisotopic (exact) mass is 467 g/mol. The quantitative estimate of drug-likeness (QED) is 0.375. The molecule has 32 heavy (non-hydrogen) atoms. The van der Waals surface area contributed by atoms with E-state index in [1.807, 2.05) is 24.3 Å². The number of carbonyl (C=O) groups excluding carboxylic acids is 1. The van der Waals surface area contributed by atoms with Gasteiger partial charge in [-0.2, -0.15) is 0 Å². The summed E-state index contributed by atoms with van der Waals surface area (Å²) < 4.78 is 5.04. The van der Waals surface area contributed by atoms with Gasteiger partial charge in [0.25, 0.3) is 0 Å². The van der Waals surface area contributed by atoms with Gasteiger partial charge in [0.15, 0.2) is 0 Å². The van der Waals surface area contributed by atoms with Crippen molar-refractivity contribution in [2.24, 2.45) is 11.3 Å². The third-order valence-electron chi connectivity index (χ3n) is 6.39. The van der Waals surface area contributed by atoms with Crippen molar-refractivity contribution < 1.29 is 29.3 Å². The number of aryl methyl sites for hydroxylation is 1. The van der Waals surface area contributed by atoms with Crippen molar-refractivity contribution >= 4 is 29.4 Å². The lowest BCUT2D eigenvalue weighted by Crippen LogP contribution is -2.46. The van der Waals surface area contributed by atoms with Gasteiger partial charge in [0.1, 0.15) is 0 Å². The number of hydrogen-bond acceptors (Lipinski definition) is 4. The molecular formula is C24H34ClNO6. The van der Waals surface area contributed by atoms with Gasteiger partial charge in [0, 0.05) is 24.8 Å². The van der Waals surface area contributed by atoms with Crippen LogP contribution in [0.25, 0.3) is 0 Å². The Morgan fingerprint density at radius 2 is 1.78 bits per heavy atom. The fourth-order valence-corrected chi connectivity index (χ4v) is 4.72. The molecule has 0 aliphatic heterocycles. The number of benzene rings is 1. The summed E-state index contributed by atoms with van der Waals surface area (Å²) in [4.78, 5) is 36.5. The number of carboxylic acid groups (broad SMARTS) is 2. The maximum absolute atomic E-state index is 13.3. The predicted molar refractivity (Wildman–Crippen MR) is 122 cm³/mol. The number of rotatable bonds is 14. The van der Waals surface area contributed by atoms with Gasteiger partial charge in [-0.25, -0.2) is 0 Å². The number of amides is 1. The van der Waals surface area contributed by atoms with E-state index in [0.717, 1.165) is 31.2 Å². The topological polar surface area (TPSA) is 113 Å². The van der Waals surface area contributed by atoms with Gasteiger partial charge in [-0.1, -0.05) is 36.6 Å². The highest BCUT2D eigenvalue weighted by atomic mass is 35.5. The van der Waals surface area contributed by atoms with E-state index in [0.29, 0.717) is 37.3 Å². The Balaban J connectivity index is 2.03. The van der Waals surface area contributed by atoms with E-state index < -0.39 is 29.3 Å². The summed E-state index contributed by atoms with van der Waals surface area (Å²) in [6, 6.07) is 7.02. The van der Waals surface area contributed by atoms with Gasteiger partial charge in [0.05, 0.1) is 17.8 Å². The molecule has 1 aromatic rings. The van der Waals surface area contributed by atoms with Crippen molar-refractivity contribution in [3.8, 4) is 0 Å². The van der Waals surface area contributed by atoms with E-state index in [1.165, 1.54) is 7.11 Å². The molecule has 0 saturated heterocycles. The minimum absolute atomic E-state index is 0.158. The SMILES string of the molecule is COCCC(CC1(C(=O)NC(CCCc2ccc(Cl)cc2)CC(=O)O)CCCC1)C(=O)O. The van der Waals surface area contributed by atoms with Crippen molar-refractivity contribution in [3.05, 3.63) is 34.9 Å².